The normalized spacial score (nSPS) is 26.8. The summed E-state index contributed by atoms with van der Waals surface area (Å²) in [5, 5.41) is 10.00. The molecule has 14 heavy (non-hydrogen) atoms. The van der Waals surface area contributed by atoms with Crippen molar-refractivity contribution in [3.8, 4) is 0 Å². The van der Waals surface area contributed by atoms with Gasteiger partial charge in [0.25, 0.3) is 0 Å². The summed E-state index contributed by atoms with van der Waals surface area (Å²) < 4.78 is 21.3. The van der Waals surface area contributed by atoms with Crippen LogP contribution < -0.4 is 0 Å². The van der Waals surface area contributed by atoms with E-state index in [0.717, 1.165) is 0 Å². The monoisotopic (exact) mass is 218 g/mol. The molecule has 1 atom stereocenters. The Morgan fingerprint density at radius 3 is 2.50 bits per heavy atom. The van der Waals surface area contributed by atoms with E-state index in [4.69, 9.17) is 9.05 Å². The first-order valence-corrected chi connectivity index (χ1v) is 6.04. The fraction of sp³-hybridized carbons (Fsp3) is 0.556. The van der Waals surface area contributed by atoms with Crippen molar-refractivity contribution in [2.75, 3.05) is 20.4 Å². The average molecular weight is 218 g/mol. The Bertz CT molecular complexity index is 289. The van der Waals surface area contributed by atoms with Gasteiger partial charge in [0.05, 0.1) is 11.8 Å². The fourth-order valence-corrected chi connectivity index (χ4v) is 2.62. The van der Waals surface area contributed by atoms with Gasteiger partial charge in [-0.15, -0.1) is 0 Å². The van der Waals surface area contributed by atoms with Gasteiger partial charge in [-0.1, -0.05) is 24.3 Å². The van der Waals surface area contributed by atoms with Gasteiger partial charge < -0.3 is 14.2 Å². The summed E-state index contributed by atoms with van der Waals surface area (Å²) in [7, 11) is -0.519. The van der Waals surface area contributed by atoms with E-state index in [2.05, 4.69) is 0 Å². The van der Waals surface area contributed by atoms with Crippen molar-refractivity contribution in [2.24, 2.45) is 0 Å². The zero-order chi connectivity index (χ0) is 10.7. The highest BCUT2D eigenvalue weighted by Gasteiger charge is 2.35. The molecule has 0 fully saturated rings. The van der Waals surface area contributed by atoms with Gasteiger partial charge in [0.2, 0.25) is 0 Å². The van der Waals surface area contributed by atoms with Crippen LogP contribution in [0.2, 0.25) is 0 Å². The molecule has 0 bridgehead atoms. The Kier molecular flexibility index (Phi) is 3.67. The first-order chi connectivity index (χ1) is 6.54. The smallest absolute Gasteiger partial charge is 0.333 e. The van der Waals surface area contributed by atoms with Crippen molar-refractivity contribution in [3.63, 3.8) is 0 Å². The Balaban J connectivity index is 2.72. The number of rotatable bonds is 4. The van der Waals surface area contributed by atoms with Crippen LogP contribution in [0.3, 0.4) is 0 Å². The molecule has 0 heterocycles. The lowest BCUT2D eigenvalue weighted by Crippen LogP contribution is -2.31. The van der Waals surface area contributed by atoms with Crippen molar-refractivity contribution < 1.29 is 18.7 Å². The molecule has 0 spiro atoms. The van der Waals surface area contributed by atoms with E-state index >= 15 is 0 Å². The van der Waals surface area contributed by atoms with Crippen molar-refractivity contribution in [1.82, 2.24) is 0 Å². The lowest BCUT2D eigenvalue weighted by molar-refractivity contribution is 0.107. The molecule has 1 rings (SSSR count). The summed E-state index contributed by atoms with van der Waals surface area (Å²) in [6, 6.07) is 0. The van der Waals surface area contributed by atoms with Crippen LogP contribution in [-0.4, -0.2) is 31.1 Å². The minimum absolute atomic E-state index is 0.0200. The summed E-state index contributed by atoms with van der Waals surface area (Å²) in [4.78, 5) is 0. The van der Waals surface area contributed by atoms with Crippen LogP contribution in [0.4, 0.5) is 0 Å². The van der Waals surface area contributed by atoms with Crippen LogP contribution in [-0.2, 0) is 13.6 Å². The van der Waals surface area contributed by atoms with Gasteiger partial charge in [0.15, 0.2) is 0 Å². The Morgan fingerprint density at radius 2 is 2.07 bits per heavy atom. The average Bonchev–Trinajstić information content (AvgIpc) is 2.18. The second-order valence-corrected chi connectivity index (χ2v) is 5.50. The molecule has 1 aliphatic carbocycles. The van der Waals surface area contributed by atoms with Crippen LogP contribution in [0.15, 0.2) is 24.3 Å². The third kappa shape index (κ3) is 2.79. The van der Waals surface area contributed by atoms with Crippen LogP contribution in [0.5, 0.6) is 0 Å². The molecule has 0 saturated carbocycles. The molecule has 0 aromatic carbocycles. The largest absolute Gasteiger partial charge is 0.385 e. The minimum atomic E-state index is -3.15. The molecular formula is C9H15O4P. The van der Waals surface area contributed by atoms with E-state index in [-0.39, 0.29) is 6.16 Å². The molecule has 1 unspecified atom stereocenters. The van der Waals surface area contributed by atoms with Crippen molar-refractivity contribution in [2.45, 2.75) is 12.0 Å². The van der Waals surface area contributed by atoms with Crippen LogP contribution in [0.1, 0.15) is 6.42 Å². The topological polar surface area (TPSA) is 55.8 Å². The van der Waals surface area contributed by atoms with Crippen LogP contribution >= 0.6 is 7.60 Å². The number of hydrogen-bond donors (Lipinski definition) is 1. The molecule has 0 radical (unpaired) electrons. The van der Waals surface area contributed by atoms with E-state index in [0.29, 0.717) is 6.42 Å². The number of allylic oxidation sites excluding steroid dienone is 2. The molecule has 5 heteroatoms. The van der Waals surface area contributed by atoms with Gasteiger partial charge in [0.1, 0.15) is 0 Å². The second kappa shape index (κ2) is 4.41. The Morgan fingerprint density at radius 1 is 1.43 bits per heavy atom. The van der Waals surface area contributed by atoms with Crippen LogP contribution in [0.25, 0.3) is 0 Å². The summed E-state index contributed by atoms with van der Waals surface area (Å²) >= 11 is 0. The highest BCUT2D eigenvalue weighted by atomic mass is 31.2. The lowest BCUT2D eigenvalue weighted by atomic mass is 9.98. The van der Waals surface area contributed by atoms with Gasteiger partial charge in [0, 0.05) is 14.2 Å². The summed E-state index contributed by atoms with van der Waals surface area (Å²) in [5.74, 6) is 0. The van der Waals surface area contributed by atoms with E-state index in [9.17, 15) is 9.67 Å². The van der Waals surface area contributed by atoms with E-state index < -0.39 is 13.2 Å². The van der Waals surface area contributed by atoms with E-state index in [1.165, 1.54) is 14.2 Å². The predicted octanol–water partition coefficient (Wildman–Crippen LogP) is 1.72. The molecule has 0 aromatic rings. The fourth-order valence-electron chi connectivity index (χ4n) is 1.31. The van der Waals surface area contributed by atoms with E-state index in [1.807, 2.05) is 12.2 Å². The van der Waals surface area contributed by atoms with Gasteiger partial charge in [-0.3, -0.25) is 4.57 Å². The van der Waals surface area contributed by atoms with E-state index in [1.54, 1.807) is 12.2 Å². The lowest BCUT2D eigenvalue weighted by Gasteiger charge is -2.27. The summed E-state index contributed by atoms with van der Waals surface area (Å²) in [5.41, 5.74) is -1.11. The molecule has 0 aromatic heterocycles. The van der Waals surface area contributed by atoms with Crippen LogP contribution in [0, 0.1) is 0 Å². The number of aliphatic hydroxyl groups is 1. The molecule has 0 amide bonds. The van der Waals surface area contributed by atoms with Crippen molar-refractivity contribution in [1.29, 1.82) is 0 Å². The highest BCUT2D eigenvalue weighted by molar-refractivity contribution is 7.53. The zero-order valence-corrected chi connectivity index (χ0v) is 9.24. The number of hydrogen-bond acceptors (Lipinski definition) is 4. The minimum Gasteiger partial charge on any atom is -0.385 e. The van der Waals surface area contributed by atoms with Gasteiger partial charge >= 0.3 is 7.60 Å². The zero-order valence-electron chi connectivity index (χ0n) is 8.34. The van der Waals surface area contributed by atoms with Crippen molar-refractivity contribution >= 4 is 7.60 Å². The van der Waals surface area contributed by atoms with Gasteiger partial charge in [-0.05, 0) is 6.42 Å². The molecule has 0 saturated heterocycles. The third-order valence-corrected chi connectivity index (χ3v) is 4.20. The molecule has 0 aliphatic heterocycles. The van der Waals surface area contributed by atoms with Gasteiger partial charge in [-0.25, -0.2) is 0 Å². The maximum atomic E-state index is 11.8. The molecule has 1 N–H and O–H groups in total. The Hall–Kier alpha value is -0.410. The molecule has 4 nitrogen and oxygen atoms in total. The SMILES string of the molecule is COP(=O)(CC1(O)C=CC=CC1)OC. The summed E-state index contributed by atoms with van der Waals surface area (Å²) in [6.07, 6.45) is 7.39. The van der Waals surface area contributed by atoms with Crippen molar-refractivity contribution in [3.05, 3.63) is 24.3 Å². The predicted molar refractivity (Wildman–Crippen MR) is 54.3 cm³/mol. The molecule has 80 valence electrons. The van der Waals surface area contributed by atoms with Gasteiger partial charge in [-0.2, -0.15) is 0 Å². The Labute approximate surface area is 83.8 Å². The standard InChI is InChI=1S/C9H15O4P/c1-12-14(11,13-2)8-9(10)6-4-3-5-7-9/h3-6,10H,7-8H2,1-2H3. The maximum Gasteiger partial charge on any atom is 0.333 e. The summed E-state index contributed by atoms with van der Waals surface area (Å²) in [6.45, 7) is 0. The maximum absolute atomic E-state index is 11.8. The third-order valence-electron chi connectivity index (χ3n) is 2.15. The first-order valence-electron chi connectivity index (χ1n) is 4.31. The second-order valence-electron chi connectivity index (χ2n) is 3.23. The quantitative estimate of drug-likeness (QED) is 0.730. The highest BCUT2D eigenvalue weighted by Crippen LogP contribution is 2.50. The molecular weight excluding hydrogens is 203 g/mol. The first kappa shape index (κ1) is 11.7. The molecule has 1 aliphatic rings.